The van der Waals surface area contributed by atoms with Crippen LogP contribution in [0.2, 0.25) is 0 Å². The minimum atomic E-state index is -0.571. The molecule has 0 saturated carbocycles. The number of aromatic hydroxyl groups is 1. The van der Waals surface area contributed by atoms with Gasteiger partial charge in [0.25, 0.3) is 0 Å². The first kappa shape index (κ1) is 8.39. The van der Waals surface area contributed by atoms with Crippen molar-refractivity contribution >= 4 is 6.03 Å². The fraction of sp³-hybridized carbons (Fsp3) is 0.125. The Kier molecular flexibility index (Phi) is 2.53. The highest BCUT2D eigenvalue weighted by Gasteiger charge is 1.95. The number of benzene rings is 1. The summed E-state index contributed by atoms with van der Waals surface area (Å²) < 4.78 is 0. The molecule has 4 heteroatoms. The highest BCUT2D eigenvalue weighted by Crippen LogP contribution is 2.09. The standard InChI is InChI=1S/C8H10N2O2/c9-8(12)10-5-6-2-1-3-7(11)4-6/h1-4,11H,5H2,(H3,9,10,12). The van der Waals surface area contributed by atoms with Crippen LogP contribution in [0.15, 0.2) is 24.3 Å². The number of urea groups is 1. The largest absolute Gasteiger partial charge is 0.508 e. The van der Waals surface area contributed by atoms with E-state index in [2.05, 4.69) is 5.32 Å². The summed E-state index contributed by atoms with van der Waals surface area (Å²) in [6.45, 7) is 0.337. The zero-order valence-corrected chi connectivity index (χ0v) is 6.45. The zero-order valence-electron chi connectivity index (χ0n) is 6.45. The first-order chi connectivity index (χ1) is 5.68. The Hall–Kier alpha value is -1.71. The van der Waals surface area contributed by atoms with Crippen LogP contribution in [0.3, 0.4) is 0 Å². The van der Waals surface area contributed by atoms with Gasteiger partial charge in [-0.15, -0.1) is 0 Å². The third-order valence-corrected chi connectivity index (χ3v) is 1.38. The molecule has 0 heterocycles. The van der Waals surface area contributed by atoms with E-state index in [0.717, 1.165) is 5.56 Å². The molecule has 1 rings (SSSR count). The van der Waals surface area contributed by atoms with Crippen LogP contribution in [-0.4, -0.2) is 11.1 Å². The third kappa shape index (κ3) is 2.49. The van der Waals surface area contributed by atoms with Crippen molar-refractivity contribution < 1.29 is 9.90 Å². The maximum Gasteiger partial charge on any atom is 0.312 e. The first-order valence-electron chi connectivity index (χ1n) is 3.49. The summed E-state index contributed by atoms with van der Waals surface area (Å²) in [6, 6.07) is 6.05. The Morgan fingerprint density at radius 3 is 2.92 bits per heavy atom. The molecule has 4 nitrogen and oxygen atoms in total. The van der Waals surface area contributed by atoms with Gasteiger partial charge < -0.3 is 16.2 Å². The predicted octanol–water partition coefficient (Wildman–Crippen LogP) is 0.560. The molecule has 12 heavy (non-hydrogen) atoms. The Bertz CT molecular complexity index is 286. The summed E-state index contributed by atoms with van der Waals surface area (Å²) in [5.41, 5.74) is 5.68. The van der Waals surface area contributed by atoms with E-state index in [1.54, 1.807) is 24.3 Å². The van der Waals surface area contributed by atoms with Gasteiger partial charge in [-0.3, -0.25) is 0 Å². The minimum Gasteiger partial charge on any atom is -0.508 e. The fourth-order valence-electron chi connectivity index (χ4n) is 0.856. The number of phenols is 1. The molecule has 0 unspecified atom stereocenters. The van der Waals surface area contributed by atoms with Crippen LogP contribution in [0.1, 0.15) is 5.56 Å². The van der Waals surface area contributed by atoms with Gasteiger partial charge in [0.2, 0.25) is 0 Å². The van der Waals surface area contributed by atoms with Gasteiger partial charge in [-0.05, 0) is 17.7 Å². The average molecular weight is 166 g/mol. The smallest absolute Gasteiger partial charge is 0.312 e. The van der Waals surface area contributed by atoms with E-state index < -0.39 is 6.03 Å². The van der Waals surface area contributed by atoms with Gasteiger partial charge >= 0.3 is 6.03 Å². The van der Waals surface area contributed by atoms with Gasteiger partial charge in [-0.25, -0.2) is 4.79 Å². The molecule has 4 N–H and O–H groups in total. The van der Waals surface area contributed by atoms with Gasteiger partial charge in [0, 0.05) is 6.54 Å². The third-order valence-electron chi connectivity index (χ3n) is 1.38. The van der Waals surface area contributed by atoms with Crippen LogP contribution in [0.4, 0.5) is 4.79 Å². The Morgan fingerprint density at radius 2 is 2.33 bits per heavy atom. The summed E-state index contributed by atoms with van der Waals surface area (Å²) in [6.07, 6.45) is 0. The van der Waals surface area contributed by atoms with E-state index in [1.165, 1.54) is 0 Å². The van der Waals surface area contributed by atoms with E-state index in [9.17, 15) is 4.79 Å². The number of nitrogens with two attached hydrogens (primary N) is 1. The van der Waals surface area contributed by atoms with Crippen LogP contribution in [-0.2, 0) is 6.54 Å². The lowest BCUT2D eigenvalue weighted by Gasteiger charge is -2.01. The lowest BCUT2D eigenvalue weighted by atomic mass is 10.2. The molecule has 0 aromatic heterocycles. The lowest BCUT2D eigenvalue weighted by Crippen LogP contribution is -2.28. The number of carbonyl (C=O) groups excluding carboxylic acids is 1. The molecule has 0 saturated heterocycles. The van der Waals surface area contributed by atoms with E-state index in [-0.39, 0.29) is 5.75 Å². The van der Waals surface area contributed by atoms with Gasteiger partial charge in [0.15, 0.2) is 0 Å². The van der Waals surface area contributed by atoms with E-state index in [4.69, 9.17) is 10.8 Å². The van der Waals surface area contributed by atoms with Crippen molar-refractivity contribution in [1.29, 1.82) is 0 Å². The molecule has 1 aromatic rings. The maximum atomic E-state index is 10.3. The van der Waals surface area contributed by atoms with Crippen molar-refractivity contribution in [2.45, 2.75) is 6.54 Å². The predicted molar refractivity (Wildman–Crippen MR) is 44.5 cm³/mol. The Balaban J connectivity index is 2.57. The number of carbonyl (C=O) groups is 1. The molecular weight excluding hydrogens is 156 g/mol. The number of phenolic OH excluding ortho intramolecular Hbond substituents is 1. The molecular formula is C8H10N2O2. The molecule has 0 bridgehead atoms. The van der Waals surface area contributed by atoms with Gasteiger partial charge in [-0.2, -0.15) is 0 Å². The van der Waals surface area contributed by atoms with Crippen LogP contribution in [0.25, 0.3) is 0 Å². The first-order valence-corrected chi connectivity index (χ1v) is 3.49. The van der Waals surface area contributed by atoms with Crippen molar-refractivity contribution in [2.24, 2.45) is 5.73 Å². The highest BCUT2D eigenvalue weighted by atomic mass is 16.3. The second-order valence-electron chi connectivity index (χ2n) is 2.39. The summed E-state index contributed by atoms with van der Waals surface area (Å²) in [4.78, 5) is 10.3. The van der Waals surface area contributed by atoms with Crippen molar-refractivity contribution in [3.8, 4) is 5.75 Å². The minimum absolute atomic E-state index is 0.179. The lowest BCUT2D eigenvalue weighted by molar-refractivity contribution is 0.248. The summed E-state index contributed by atoms with van der Waals surface area (Å²) in [7, 11) is 0. The molecule has 0 aliphatic heterocycles. The van der Waals surface area contributed by atoms with Gasteiger partial charge in [-0.1, -0.05) is 12.1 Å². The van der Waals surface area contributed by atoms with E-state index >= 15 is 0 Å². The number of nitrogens with one attached hydrogen (secondary N) is 1. The van der Waals surface area contributed by atoms with Crippen LogP contribution < -0.4 is 11.1 Å². The highest BCUT2D eigenvalue weighted by molar-refractivity contribution is 5.71. The molecule has 0 aliphatic rings. The zero-order chi connectivity index (χ0) is 8.97. The topological polar surface area (TPSA) is 75.4 Å². The molecule has 2 amide bonds. The van der Waals surface area contributed by atoms with Crippen molar-refractivity contribution in [2.75, 3.05) is 0 Å². The van der Waals surface area contributed by atoms with E-state index in [1.807, 2.05) is 0 Å². The van der Waals surface area contributed by atoms with Crippen LogP contribution in [0.5, 0.6) is 5.75 Å². The molecule has 1 aromatic carbocycles. The number of primary amides is 1. The van der Waals surface area contributed by atoms with Gasteiger partial charge in [0.05, 0.1) is 0 Å². The van der Waals surface area contributed by atoms with Gasteiger partial charge in [0.1, 0.15) is 5.75 Å². The van der Waals surface area contributed by atoms with Crippen LogP contribution >= 0.6 is 0 Å². The second kappa shape index (κ2) is 3.61. The summed E-state index contributed by atoms with van der Waals surface area (Å²) in [5, 5.41) is 11.5. The van der Waals surface area contributed by atoms with Crippen molar-refractivity contribution in [3.05, 3.63) is 29.8 Å². The summed E-state index contributed by atoms with van der Waals surface area (Å²) >= 11 is 0. The number of hydrogen-bond acceptors (Lipinski definition) is 2. The second-order valence-corrected chi connectivity index (χ2v) is 2.39. The SMILES string of the molecule is NC(=O)NCc1cccc(O)c1. The van der Waals surface area contributed by atoms with E-state index in [0.29, 0.717) is 6.54 Å². The average Bonchev–Trinajstić information content (AvgIpc) is 2.01. The van der Waals surface area contributed by atoms with Crippen LogP contribution in [0, 0.1) is 0 Å². The van der Waals surface area contributed by atoms with Crippen molar-refractivity contribution in [3.63, 3.8) is 0 Å². The molecule has 64 valence electrons. The van der Waals surface area contributed by atoms with Crippen molar-refractivity contribution in [1.82, 2.24) is 5.32 Å². The molecule has 0 aliphatic carbocycles. The molecule has 0 fully saturated rings. The molecule has 0 radical (unpaired) electrons. The Morgan fingerprint density at radius 1 is 1.58 bits per heavy atom. The maximum absolute atomic E-state index is 10.3. The quantitative estimate of drug-likeness (QED) is 0.600. The normalized spacial score (nSPS) is 9.33. The molecule has 0 spiro atoms. The number of amides is 2. The Labute approximate surface area is 70.0 Å². The fourth-order valence-corrected chi connectivity index (χ4v) is 0.856. The monoisotopic (exact) mass is 166 g/mol. The number of rotatable bonds is 2. The summed E-state index contributed by atoms with van der Waals surface area (Å²) in [5.74, 6) is 0.179. The number of hydrogen-bond donors (Lipinski definition) is 3. The molecule has 0 atom stereocenters.